The van der Waals surface area contributed by atoms with Gasteiger partial charge in [-0.25, -0.2) is 0 Å². The number of piperidine rings is 2. The Hall–Kier alpha value is -3.12. The zero-order valence-electron chi connectivity index (χ0n) is 21.6. The maximum atomic E-state index is 13.5. The lowest BCUT2D eigenvalue weighted by Crippen LogP contribution is -2.54. The van der Waals surface area contributed by atoms with E-state index in [-0.39, 0.29) is 23.3 Å². The average Bonchev–Trinajstić information content (AvgIpc) is 3.35. The van der Waals surface area contributed by atoms with Crippen molar-refractivity contribution in [2.45, 2.75) is 44.1 Å². The van der Waals surface area contributed by atoms with Gasteiger partial charge in [-0.1, -0.05) is 48.5 Å². The second-order valence-electron chi connectivity index (χ2n) is 10.7. The number of nitrogens with zero attached hydrogens (tertiary/aromatic N) is 3. The molecule has 2 aliphatic rings. The first kappa shape index (κ1) is 24.6. The third kappa shape index (κ3) is 4.79. The number of aryl methyl sites for hydroxylation is 1. The Kier molecular flexibility index (Phi) is 7.15. The van der Waals surface area contributed by atoms with Gasteiger partial charge in [0.05, 0.1) is 5.92 Å². The summed E-state index contributed by atoms with van der Waals surface area (Å²) in [5.74, 6) is 0.302. The van der Waals surface area contributed by atoms with Gasteiger partial charge in [-0.2, -0.15) is 0 Å². The molecule has 36 heavy (non-hydrogen) atoms. The minimum Gasteiger partial charge on any atom is -0.361 e. The molecule has 5 rings (SSSR count). The fourth-order valence-corrected chi connectivity index (χ4v) is 6.24. The molecule has 190 valence electrons. The molecule has 2 aliphatic heterocycles. The van der Waals surface area contributed by atoms with Gasteiger partial charge in [0.1, 0.15) is 0 Å². The number of likely N-dealkylation sites (tertiary alicyclic amines) is 2. The third-order valence-electron chi connectivity index (χ3n) is 8.48. The van der Waals surface area contributed by atoms with Crippen LogP contribution in [0.15, 0.2) is 60.8 Å². The molecular formula is C30H38N4O2. The van der Waals surface area contributed by atoms with Crippen LogP contribution in [0.5, 0.6) is 0 Å². The van der Waals surface area contributed by atoms with Crippen LogP contribution in [0.25, 0.3) is 10.9 Å². The summed E-state index contributed by atoms with van der Waals surface area (Å²) in [5.41, 5.74) is 3.58. The zero-order chi connectivity index (χ0) is 25.1. The first-order chi connectivity index (χ1) is 17.5. The topological polar surface area (TPSA) is 59.6 Å². The molecule has 6 nitrogen and oxygen atoms in total. The smallest absolute Gasteiger partial charge is 0.227 e. The summed E-state index contributed by atoms with van der Waals surface area (Å²) in [4.78, 5) is 36.2. The summed E-state index contributed by atoms with van der Waals surface area (Å²) in [7, 11) is 4.29. The van der Waals surface area contributed by atoms with E-state index in [9.17, 15) is 9.59 Å². The number of benzene rings is 2. The molecular weight excluding hydrogens is 448 g/mol. The highest BCUT2D eigenvalue weighted by molar-refractivity contribution is 5.85. The molecule has 1 aromatic heterocycles. The predicted octanol–water partition coefficient (Wildman–Crippen LogP) is 4.42. The first-order valence-corrected chi connectivity index (χ1v) is 13.3. The highest BCUT2D eigenvalue weighted by atomic mass is 16.2. The Labute approximate surface area is 214 Å². The highest BCUT2D eigenvalue weighted by Gasteiger charge is 2.41. The average molecular weight is 487 g/mol. The largest absolute Gasteiger partial charge is 0.361 e. The van der Waals surface area contributed by atoms with E-state index in [4.69, 9.17) is 0 Å². The van der Waals surface area contributed by atoms with Crippen molar-refractivity contribution >= 4 is 22.7 Å². The number of aromatic nitrogens is 1. The van der Waals surface area contributed by atoms with Crippen molar-refractivity contribution < 1.29 is 9.59 Å². The summed E-state index contributed by atoms with van der Waals surface area (Å²) in [6.45, 7) is 2.83. The van der Waals surface area contributed by atoms with E-state index in [1.165, 1.54) is 16.5 Å². The Morgan fingerprint density at radius 3 is 2.44 bits per heavy atom. The van der Waals surface area contributed by atoms with Crippen molar-refractivity contribution in [2.75, 3.05) is 40.3 Å². The molecule has 0 saturated carbocycles. The number of aromatic amines is 1. The molecule has 3 aromatic rings. The minimum atomic E-state index is -0.0839. The number of nitrogens with one attached hydrogen (secondary N) is 1. The number of carbonyl (C=O) groups is 2. The molecule has 2 amide bonds. The summed E-state index contributed by atoms with van der Waals surface area (Å²) >= 11 is 0. The maximum Gasteiger partial charge on any atom is 0.227 e. The van der Waals surface area contributed by atoms with E-state index < -0.39 is 0 Å². The normalized spacial score (nSPS) is 20.1. The second-order valence-corrected chi connectivity index (χ2v) is 10.7. The molecule has 1 unspecified atom stereocenters. The zero-order valence-corrected chi connectivity index (χ0v) is 21.6. The van der Waals surface area contributed by atoms with Crippen LogP contribution in [-0.2, 0) is 21.5 Å². The van der Waals surface area contributed by atoms with Crippen molar-refractivity contribution in [1.29, 1.82) is 0 Å². The lowest BCUT2D eigenvalue weighted by atomic mass is 9.79. The Morgan fingerprint density at radius 1 is 0.972 bits per heavy atom. The van der Waals surface area contributed by atoms with Gasteiger partial charge in [0.15, 0.2) is 0 Å². The number of fused-ring (bicyclic) bond motifs is 1. The van der Waals surface area contributed by atoms with Gasteiger partial charge in [0.25, 0.3) is 0 Å². The summed E-state index contributed by atoms with van der Waals surface area (Å²) in [5, 5.41) is 1.19. The van der Waals surface area contributed by atoms with E-state index in [2.05, 4.69) is 71.3 Å². The van der Waals surface area contributed by atoms with Gasteiger partial charge >= 0.3 is 0 Å². The SMILES string of the molecule is CN(C)C1(c2ccccc2)CCN(C(=O)C2CCCN(C(=O)CCc3c[nH]c4ccccc34)C2)CC1. The molecule has 0 radical (unpaired) electrons. The standard InChI is InChI=1S/C30H38N4O2/c1-32(2)30(25-10-4-3-5-11-25)16-19-33(20-17-30)29(36)24-9-8-18-34(22-24)28(35)15-14-23-21-31-27-13-7-6-12-26(23)27/h3-7,10-13,21,24,31H,8-9,14-20,22H2,1-2H3. The highest BCUT2D eigenvalue weighted by Crippen LogP contribution is 2.38. The summed E-state index contributed by atoms with van der Waals surface area (Å²) < 4.78 is 0. The van der Waals surface area contributed by atoms with Crippen LogP contribution in [0.2, 0.25) is 0 Å². The quantitative estimate of drug-likeness (QED) is 0.561. The van der Waals surface area contributed by atoms with Gasteiger partial charge in [-0.05, 0) is 63.4 Å². The number of hydrogen-bond donors (Lipinski definition) is 1. The van der Waals surface area contributed by atoms with Gasteiger partial charge in [0, 0.05) is 55.2 Å². The van der Waals surface area contributed by atoms with Crippen molar-refractivity contribution in [3.05, 3.63) is 71.9 Å². The number of para-hydroxylation sites is 1. The number of amides is 2. The monoisotopic (exact) mass is 486 g/mol. The van der Waals surface area contributed by atoms with E-state index in [1.807, 2.05) is 23.2 Å². The molecule has 1 atom stereocenters. The van der Waals surface area contributed by atoms with Crippen LogP contribution in [0, 0.1) is 5.92 Å². The predicted molar refractivity (Wildman–Crippen MR) is 144 cm³/mol. The van der Waals surface area contributed by atoms with Gasteiger partial charge in [-0.15, -0.1) is 0 Å². The molecule has 0 bridgehead atoms. The lowest BCUT2D eigenvalue weighted by Gasteiger charge is -2.47. The molecule has 2 fully saturated rings. The van der Waals surface area contributed by atoms with Crippen molar-refractivity contribution in [2.24, 2.45) is 5.92 Å². The molecule has 3 heterocycles. The molecule has 2 saturated heterocycles. The van der Waals surface area contributed by atoms with Gasteiger partial charge < -0.3 is 14.8 Å². The lowest BCUT2D eigenvalue weighted by molar-refractivity contribution is -0.142. The molecule has 0 aliphatic carbocycles. The van der Waals surface area contributed by atoms with E-state index in [1.54, 1.807) is 0 Å². The Bertz CT molecular complexity index is 1190. The number of H-pyrrole nitrogens is 1. The van der Waals surface area contributed by atoms with Crippen molar-refractivity contribution in [1.82, 2.24) is 19.7 Å². The number of rotatable bonds is 6. The molecule has 1 N–H and O–H groups in total. The molecule has 6 heteroatoms. The third-order valence-corrected chi connectivity index (χ3v) is 8.48. The van der Waals surface area contributed by atoms with Crippen LogP contribution in [0.4, 0.5) is 0 Å². The van der Waals surface area contributed by atoms with Crippen molar-refractivity contribution in [3.63, 3.8) is 0 Å². The van der Waals surface area contributed by atoms with E-state index in [0.29, 0.717) is 13.0 Å². The Balaban J connectivity index is 1.17. The fraction of sp³-hybridized carbons (Fsp3) is 0.467. The summed E-state index contributed by atoms with van der Waals surface area (Å²) in [6.07, 6.45) is 6.84. The Morgan fingerprint density at radius 2 is 1.69 bits per heavy atom. The molecule has 2 aromatic carbocycles. The number of hydrogen-bond acceptors (Lipinski definition) is 3. The van der Waals surface area contributed by atoms with E-state index in [0.717, 1.165) is 57.3 Å². The summed E-state index contributed by atoms with van der Waals surface area (Å²) in [6, 6.07) is 18.9. The van der Waals surface area contributed by atoms with E-state index >= 15 is 0 Å². The molecule has 0 spiro atoms. The second kappa shape index (κ2) is 10.5. The minimum absolute atomic E-state index is 0.0327. The van der Waals surface area contributed by atoms with Crippen molar-refractivity contribution in [3.8, 4) is 0 Å². The number of carbonyl (C=O) groups excluding carboxylic acids is 2. The van der Waals surface area contributed by atoms with Crippen LogP contribution < -0.4 is 0 Å². The van der Waals surface area contributed by atoms with Gasteiger partial charge in [0.2, 0.25) is 11.8 Å². The van der Waals surface area contributed by atoms with Crippen LogP contribution >= 0.6 is 0 Å². The fourth-order valence-electron chi connectivity index (χ4n) is 6.24. The van der Waals surface area contributed by atoms with Crippen LogP contribution in [-0.4, -0.2) is 71.8 Å². The first-order valence-electron chi connectivity index (χ1n) is 13.3. The maximum absolute atomic E-state index is 13.5. The van der Waals surface area contributed by atoms with Gasteiger partial charge in [-0.3, -0.25) is 14.5 Å². The van der Waals surface area contributed by atoms with Crippen LogP contribution in [0.1, 0.15) is 43.2 Å². The van der Waals surface area contributed by atoms with Crippen LogP contribution in [0.3, 0.4) is 0 Å².